The Hall–Kier alpha value is -3.02. The van der Waals surface area contributed by atoms with Gasteiger partial charge in [-0.05, 0) is 31.5 Å². The molecule has 0 N–H and O–H groups in total. The highest BCUT2D eigenvalue weighted by Crippen LogP contribution is 2.32. The van der Waals surface area contributed by atoms with Gasteiger partial charge < -0.3 is 9.47 Å². The van der Waals surface area contributed by atoms with Crippen LogP contribution in [0.25, 0.3) is 5.69 Å². The molecule has 0 radical (unpaired) electrons. The molecule has 1 aromatic heterocycles. The molecule has 6 nitrogen and oxygen atoms in total. The zero-order valence-electron chi connectivity index (χ0n) is 17.7. The van der Waals surface area contributed by atoms with Crippen molar-refractivity contribution in [1.29, 1.82) is 5.26 Å². The van der Waals surface area contributed by atoms with E-state index in [4.69, 9.17) is 9.47 Å². The number of hydrogen-bond donors (Lipinski definition) is 0. The van der Waals surface area contributed by atoms with E-state index >= 15 is 0 Å². The maximum atomic E-state index is 13.3. The van der Waals surface area contributed by atoms with Crippen molar-refractivity contribution in [2.45, 2.75) is 58.5 Å². The summed E-state index contributed by atoms with van der Waals surface area (Å²) in [5.74, 6) is -0.755. The van der Waals surface area contributed by atoms with E-state index in [0.29, 0.717) is 12.4 Å². The van der Waals surface area contributed by atoms with E-state index in [-0.39, 0.29) is 17.9 Å². The molecule has 9 heteroatoms. The standard InChI is InChI=1S/C22H26F3N3O3/c1-3-5-6-7-8-9-12-31-19-11-10-17(13-16(19)14-26)28-15-18(21(29)30-4-2)20(27-28)22(23,24)25/h10-11,13,15H,3-9,12H2,1-2H3. The van der Waals surface area contributed by atoms with Crippen LogP contribution in [0.5, 0.6) is 5.75 Å². The van der Waals surface area contributed by atoms with Crippen molar-refractivity contribution in [3.63, 3.8) is 0 Å². The molecule has 0 bridgehead atoms. The van der Waals surface area contributed by atoms with Crippen LogP contribution in [0, 0.1) is 11.3 Å². The largest absolute Gasteiger partial charge is 0.492 e. The molecular formula is C22H26F3N3O3. The van der Waals surface area contributed by atoms with Crippen LogP contribution >= 0.6 is 0 Å². The fourth-order valence-corrected chi connectivity index (χ4v) is 3.01. The SMILES string of the molecule is CCCCCCCCOc1ccc(-n2cc(C(=O)OCC)c(C(F)(F)F)n2)cc1C#N. The number of nitrogens with zero attached hydrogens (tertiary/aromatic N) is 3. The lowest BCUT2D eigenvalue weighted by Gasteiger charge is -2.10. The molecule has 0 spiro atoms. The van der Waals surface area contributed by atoms with Crippen molar-refractivity contribution < 1.29 is 27.4 Å². The number of benzene rings is 1. The monoisotopic (exact) mass is 437 g/mol. The molecule has 31 heavy (non-hydrogen) atoms. The van der Waals surface area contributed by atoms with Crippen LogP contribution in [-0.2, 0) is 10.9 Å². The highest BCUT2D eigenvalue weighted by atomic mass is 19.4. The number of ether oxygens (including phenoxy) is 2. The number of alkyl halides is 3. The number of rotatable bonds is 11. The van der Waals surface area contributed by atoms with Gasteiger partial charge in [-0.1, -0.05) is 39.0 Å². The normalized spacial score (nSPS) is 11.2. The summed E-state index contributed by atoms with van der Waals surface area (Å²) in [5.41, 5.74) is -1.65. The predicted octanol–water partition coefficient (Wildman–Crippen LogP) is 5.68. The molecule has 168 valence electrons. The number of nitriles is 1. The summed E-state index contributed by atoms with van der Waals surface area (Å²) in [5, 5.41) is 12.9. The first kappa shape index (κ1) is 24.3. The van der Waals surface area contributed by atoms with Gasteiger partial charge in [0.15, 0.2) is 5.69 Å². The van der Waals surface area contributed by atoms with Gasteiger partial charge in [0.25, 0.3) is 0 Å². The van der Waals surface area contributed by atoms with Gasteiger partial charge in [-0.15, -0.1) is 0 Å². The van der Waals surface area contributed by atoms with Gasteiger partial charge in [-0.3, -0.25) is 0 Å². The molecule has 0 atom stereocenters. The Labute approximate surface area is 179 Å². The molecular weight excluding hydrogens is 411 g/mol. The van der Waals surface area contributed by atoms with Gasteiger partial charge in [0.1, 0.15) is 17.4 Å². The minimum atomic E-state index is -4.83. The van der Waals surface area contributed by atoms with Gasteiger partial charge in [-0.25, -0.2) is 9.48 Å². The van der Waals surface area contributed by atoms with Gasteiger partial charge in [0, 0.05) is 6.20 Å². The zero-order chi connectivity index (χ0) is 22.9. The summed E-state index contributed by atoms with van der Waals surface area (Å²) in [4.78, 5) is 11.9. The Morgan fingerprint density at radius 1 is 1.16 bits per heavy atom. The molecule has 2 rings (SSSR count). The lowest BCUT2D eigenvalue weighted by atomic mass is 10.1. The van der Waals surface area contributed by atoms with E-state index in [9.17, 15) is 23.2 Å². The average molecular weight is 437 g/mol. The van der Waals surface area contributed by atoms with Gasteiger partial charge >= 0.3 is 12.1 Å². The maximum Gasteiger partial charge on any atom is 0.436 e. The number of aromatic nitrogens is 2. The second kappa shape index (κ2) is 11.4. The molecule has 0 unspecified atom stereocenters. The number of esters is 1. The maximum absolute atomic E-state index is 13.3. The summed E-state index contributed by atoms with van der Waals surface area (Å²) in [6.45, 7) is 4.04. The van der Waals surface area contributed by atoms with Crippen LogP contribution in [-0.4, -0.2) is 29.0 Å². The van der Waals surface area contributed by atoms with Gasteiger partial charge in [0.2, 0.25) is 0 Å². The molecule has 0 saturated carbocycles. The quantitative estimate of drug-likeness (QED) is 0.334. The van der Waals surface area contributed by atoms with E-state index < -0.39 is 23.4 Å². The summed E-state index contributed by atoms with van der Waals surface area (Å²) >= 11 is 0. The summed E-state index contributed by atoms with van der Waals surface area (Å²) in [6, 6.07) is 6.37. The lowest BCUT2D eigenvalue weighted by molar-refractivity contribution is -0.141. The first-order valence-electron chi connectivity index (χ1n) is 10.3. The van der Waals surface area contributed by atoms with Crippen LogP contribution < -0.4 is 4.74 Å². The third-order valence-electron chi connectivity index (χ3n) is 4.58. The lowest BCUT2D eigenvalue weighted by Crippen LogP contribution is -2.14. The van der Waals surface area contributed by atoms with Crippen LogP contribution in [0.15, 0.2) is 24.4 Å². The van der Waals surface area contributed by atoms with Crippen molar-refractivity contribution in [3.8, 4) is 17.5 Å². The van der Waals surface area contributed by atoms with Gasteiger partial charge in [-0.2, -0.15) is 23.5 Å². The van der Waals surface area contributed by atoms with Crippen molar-refractivity contribution >= 4 is 5.97 Å². The predicted molar refractivity (Wildman–Crippen MR) is 108 cm³/mol. The van der Waals surface area contributed by atoms with E-state index in [1.165, 1.54) is 44.4 Å². The van der Waals surface area contributed by atoms with Crippen molar-refractivity contribution in [1.82, 2.24) is 9.78 Å². The Balaban J connectivity index is 2.17. The van der Waals surface area contributed by atoms with E-state index in [1.807, 2.05) is 6.07 Å². The smallest absolute Gasteiger partial charge is 0.436 e. The number of hydrogen-bond acceptors (Lipinski definition) is 5. The Morgan fingerprint density at radius 3 is 2.52 bits per heavy atom. The molecule has 0 saturated heterocycles. The molecule has 2 aromatic rings. The fraction of sp³-hybridized carbons (Fsp3) is 0.500. The van der Waals surface area contributed by atoms with E-state index in [1.54, 1.807) is 0 Å². The highest BCUT2D eigenvalue weighted by molar-refractivity contribution is 5.90. The molecule has 0 fully saturated rings. The first-order chi connectivity index (χ1) is 14.8. The number of carbonyl (C=O) groups excluding carboxylic acids is 1. The van der Waals surface area contributed by atoms with Crippen molar-refractivity contribution in [3.05, 3.63) is 41.2 Å². The number of unbranched alkanes of at least 4 members (excludes halogenated alkanes) is 5. The minimum Gasteiger partial charge on any atom is -0.492 e. The highest BCUT2D eigenvalue weighted by Gasteiger charge is 2.40. The van der Waals surface area contributed by atoms with Gasteiger partial charge in [0.05, 0.1) is 24.5 Å². The zero-order valence-corrected chi connectivity index (χ0v) is 17.7. The summed E-state index contributed by atoms with van der Waals surface area (Å²) in [6.07, 6.45) is 2.72. The second-order valence-electron chi connectivity index (χ2n) is 6.96. The minimum absolute atomic E-state index is 0.0649. The third kappa shape index (κ3) is 6.74. The van der Waals surface area contributed by atoms with E-state index in [2.05, 4.69) is 12.0 Å². The number of carbonyl (C=O) groups is 1. The van der Waals surface area contributed by atoms with Crippen LogP contribution in [0.1, 0.15) is 74.0 Å². The third-order valence-corrected chi connectivity index (χ3v) is 4.58. The molecule has 1 aromatic carbocycles. The molecule has 0 aliphatic carbocycles. The fourth-order valence-electron chi connectivity index (χ4n) is 3.01. The second-order valence-corrected chi connectivity index (χ2v) is 6.96. The van der Waals surface area contributed by atoms with Crippen molar-refractivity contribution in [2.24, 2.45) is 0 Å². The molecule has 1 heterocycles. The summed E-state index contributed by atoms with van der Waals surface area (Å²) < 4.78 is 51.2. The molecule has 0 aliphatic heterocycles. The summed E-state index contributed by atoms with van der Waals surface area (Å²) in [7, 11) is 0. The van der Waals surface area contributed by atoms with Crippen LogP contribution in [0.3, 0.4) is 0 Å². The topological polar surface area (TPSA) is 77.1 Å². The first-order valence-corrected chi connectivity index (χ1v) is 10.3. The molecule has 0 amide bonds. The van der Waals surface area contributed by atoms with Crippen molar-refractivity contribution in [2.75, 3.05) is 13.2 Å². The van der Waals surface area contributed by atoms with Crippen LogP contribution in [0.4, 0.5) is 13.2 Å². The Bertz CT molecular complexity index is 917. The average Bonchev–Trinajstić information content (AvgIpc) is 3.19. The molecule has 0 aliphatic rings. The number of halogens is 3. The Kier molecular flexibility index (Phi) is 8.91. The van der Waals surface area contributed by atoms with E-state index in [0.717, 1.165) is 30.1 Å². The Morgan fingerprint density at radius 2 is 1.87 bits per heavy atom. The van der Waals surface area contributed by atoms with Crippen LogP contribution in [0.2, 0.25) is 0 Å².